The van der Waals surface area contributed by atoms with Crippen molar-refractivity contribution in [3.63, 3.8) is 0 Å². The summed E-state index contributed by atoms with van der Waals surface area (Å²) in [5.74, 6) is 0. The van der Waals surface area contributed by atoms with Gasteiger partial charge in [0.1, 0.15) is 11.2 Å². The summed E-state index contributed by atoms with van der Waals surface area (Å²) in [6, 6.07) is 65.0. The number of furan rings is 1. The topological polar surface area (TPSA) is 21.3 Å². The van der Waals surface area contributed by atoms with E-state index in [1.807, 2.05) is 12.1 Å². The van der Waals surface area contributed by atoms with Gasteiger partial charge in [-0.05, 0) is 88.6 Å². The highest BCUT2D eigenvalue weighted by Crippen LogP contribution is 2.42. The molecule has 0 N–H and O–H groups in total. The molecule has 49 heavy (non-hydrogen) atoms. The van der Waals surface area contributed by atoms with Crippen LogP contribution >= 0.6 is 0 Å². The maximum absolute atomic E-state index is 6.39. The fourth-order valence-electron chi connectivity index (χ4n) is 7.42. The van der Waals surface area contributed by atoms with Gasteiger partial charge in [-0.3, -0.25) is 0 Å². The summed E-state index contributed by atoms with van der Waals surface area (Å²) in [6.07, 6.45) is 0. The molecule has 2 heterocycles. The largest absolute Gasteiger partial charge is 0.456 e. The fourth-order valence-corrected chi connectivity index (χ4v) is 7.42. The number of hydrogen-bond donors (Lipinski definition) is 0. The summed E-state index contributed by atoms with van der Waals surface area (Å²) in [5.41, 5.74) is 10.8. The van der Waals surface area contributed by atoms with Gasteiger partial charge in [0.25, 0.3) is 0 Å². The van der Waals surface area contributed by atoms with Crippen LogP contribution in [0.15, 0.2) is 186 Å². The van der Waals surface area contributed by atoms with Crippen LogP contribution in [0.2, 0.25) is 0 Å². The second-order valence-electron chi connectivity index (χ2n) is 12.6. The zero-order valence-electron chi connectivity index (χ0n) is 26.6. The van der Waals surface area contributed by atoms with Gasteiger partial charge in [0.2, 0.25) is 0 Å². The minimum absolute atomic E-state index is 0.871. The first kappa shape index (κ1) is 27.5. The van der Waals surface area contributed by atoms with E-state index in [2.05, 4.69) is 179 Å². The highest BCUT2D eigenvalue weighted by Gasteiger charge is 2.19. The smallest absolute Gasteiger partial charge is 0.137 e. The van der Waals surface area contributed by atoms with E-state index in [1.165, 1.54) is 38.2 Å². The number of rotatable bonds is 5. The first-order valence-electron chi connectivity index (χ1n) is 16.7. The highest BCUT2D eigenvalue weighted by molar-refractivity contribution is 6.14. The predicted octanol–water partition coefficient (Wildman–Crippen LogP) is 13.0. The fraction of sp³-hybridized carbons (Fsp3) is 0. The molecular formula is C46H30N2O. The van der Waals surface area contributed by atoms with Crippen LogP contribution in [0, 0.1) is 0 Å². The Morgan fingerprint density at radius 3 is 1.73 bits per heavy atom. The highest BCUT2D eigenvalue weighted by atomic mass is 16.3. The van der Waals surface area contributed by atoms with Gasteiger partial charge in [0, 0.05) is 50.4 Å². The number of anilines is 3. The van der Waals surface area contributed by atoms with Crippen LogP contribution < -0.4 is 4.90 Å². The van der Waals surface area contributed by atoms with Crippen molar-refractivity contribution in [1.82, 2.24) is 4.57 Å². The molecule has 0 atom stereocenters. The second kappa shape index (κ2) is 11.0. The van der Waals surface area contributed by atoms with Crippen LogP contribution in [0.1, 0.15) is 0 Å². The van der Waals surface area contributed by atoms with E-state index >= 15 is 0 Å². The van der Waals surface area contributed by atoms with Gasteiger partial charge in [-0.1, -0.05) is 109 Å². The van der Waals surface area contributed by atoms with E-state index in [9.17, 15) is 0 Å². The first-order chi connectivity index (χ1) is 24.3. The van der Waals surface area contributed by atoms with Crippen LogP contribution in [0.5, 0.6) is 0 Å². The molecule has 0 saturated heterocycles. The van der Waals surface area contributed by atoms with Crippen molar-refractivity contribution < 1.29 is 4.42 Å². The van der Waals surface area contributed by atoms with Crippen molar-refractivity contribution >= 4 is 71.6 Å². The lowest BCUT2D eigenvalue weighted by molar-refractivity contribution is 0.669. The first-order valence-corrected chi connectivity index (χ1v) is 16.7. The van der Waals surface area contributed by atoms with E-state index < -0.39 is 0 Å². The van der Waals surface area contributed by atoms with E-state index in [-0.39, 0.29) is 0 Å². The van der Waals surface area contributed by atoms with Gasteiger partial charge >= 0.3 is 0 Å². The molecular weight excluding hydrogens is 597 g/mol. The van der Waals surface area contributed by atoms with Gasteiger partial charge in [-0.2, -0.15) is 0 Å². The van der Waals surface area contributed by atoms with Crippen molar-refractivity contribution in [1.29, 1.82) is 0 Å². The van der Waals surface area contributed by atoms with Gasteiger partial charge < -0.3 is 13.9 Å². The molecule has 0 unspecified atom stereocenters. The summed E-state index contributed by atoms with van der Waals surface area (Å²) in [6.45, 7) is 0. The molecule has 0 saturated carbocycles. The summed E-state index contributed by atoms with van der Waals surface area (Å²) in [4.78, 5) is 2.34. The van der Waals surface area contributed by atoms with Gasteiger partial charge in [-0.15, -0.1) is 0 Å². The van der Waals surface area contributed by atoms with Crippen molar-refractivity contribution in [2.75, 3.05) is 4.90 Å². The second-order valence-corrected chi connectivity index (χ2v) is 12.6. The van der Waals surface area contributed by atoms with E-state index in [1.54, 1.807) is 0 Å². The zero-order chi connectivity index (χ0) is 32.3. The molecule has 0 spiro atoms. The monoisotopic (exact) mass is 626 g/mol. The Bertz CT molecular complexity index is 2810. The summed E-state index contributed by atoms with van der Waals surface area (Å²) in [5, 5.41) is 7.18. The summed E-state index contributed by atoms with van der Waals surface area (Å²) >= 11 is 0. The normalized spacial score (nSPS) is 11.7. The third kappa shape index (κ3) is 4.51. The standard InChI is InChI=1S/C46H30N2O/c1-3-11-31(12-4-1)32-19-21-36(22-20-32)47(38-24-26-41-40-17-9-10-18-45(40)49-46(41)30-38)37-23-25-39-42-27-33-13-7-8-14-34(33)28-43(42)48(44(39)29-37)35-15-5-2-6-16-35/h1-30H. The number of fused-ring (bicyclic) bond motifs is 7. The van der Waals surface area contributed by atoms with Crippen molar-refractivity contribution in [2.45, 2.75) is 0 Å². The molecule has 230 valence electrons. The summed E-state index contributed by atoms with van der Waals surface area (Å²) < 4.78 is 8.79. The van der Waals surface area contributed by atoms with Gasteiger partial charge in [-0.25, -0.2) is 0 Å². The van der Waals surface area contributed by atoms with Crippen molar-refractivity contribution in [3.05, 3.63) is 182 Å². The van der Waals surface area contributed by atoms with Gasteiger partial charge in [0.15, 0.2) is 0 Å². The minimum Gasteiger partial charge on any atom is -0.456 e. The van der Waals surface area contributed by atoms with E-state index in [4.69, 9.17) is 4.42 Å². The maximum atomic E-state index is 6.39. The zero-order valence-corrected chi connectivity index (χ0v) is 26.6. The molecule has 0 amide bonds. The average Bonchev–Trinajstić information content (AvgIpc) is 3.69. The Hall–Kier alpha value is -6.58. The SMILES string of the molecule is c1ccc(-c2ccc(N(c3ccc4c(c3)oc3ccccc34)c3ccc4c5cc6ccccc6cc5n(-c5ccccc5)c4c3)cc2)cc1. The van der Waals surface area contributed by atoms with Crippen LogP contribution in [0.25, 0.3) is 71.3 Å². The Balaban J connectivity index is 1.22. The lowest BCUT2D eigenvalue weighted by atomic mass is 10.0. The molecule has 2 aromatic heterocycles. The number of benzene rings is 8. The Morgan fingerprint density at radius 2 is 0.939 bits per heavy atom. The van der Waals surface area contributed by atoms with E-state index in [0.717, 1.165) is 50.2 Å². The Labute approximate surface area is 283 Å². The van der Waals surface area contributed by atoms with Crippen LogP contribution in [-0.4, -0.2) is 4.57 Å². The Morgan fingerprint density at radius 1 is 0.367 bits per heavy atom. The molecule has 3 heteroatoms. The molecule has 3 nitrogen and oxygen atoms in total. The third-order valence-corrected chi connectivity index (χ3v) is 9.74. The molecule has 0 aliphatic heterocycles. The molecule has 0 bridgehead atoms. The van der Waals surface area contributed by atoms with Crippen molar-refractivity contribution in [2.24, 2.45) is 0 Å². The maximum Gasteiger partial charge on any atom is 0.137 e. The molecule has 10 aromatic rings. The van der Waals surface area contributed by atoms with Gasteiger partial charge in [0.05, 0.1) is 11.0 Å². The number of nitrogens with zero attached hydrogens (tertiary/aromatic N) is 2. The lowest BCUT2D eigenvalue weighted by Gasteiger charge is -2.26. The number of para-hydroxylation sites is 2. The lowest BCUT2D eigenvalue weighted by Crippen LogP contribution is -2.10. The summed E-state index contributed by atoms with van der Waals surface area (Å²) in [7, 11) is 0. The Kier molecular flexibility index (Phi) is 6.18. The van der Waals surface area contributed by atoms with Crippen LogP contribution in [-0.2, 0) is 0 Å². The molecule has 0 aliphatic carbocycles. The van der Waals surface area contributed by atoms with E-state index in [0.29, 0.717) is 0 Å². The third-order valence-electron chi connectivity index (χ3n) is 9.74. The van der Waals surface area contributed by atoms with Crippen LogP contribution in [0.4, 0.5) is 17.1 Å². The number of hydrogen-bond acceptors (Lipinski definition) is 2. The average molecular weight is 627 g/mol. The molecule has 0 fully saturated rings. The molecule has 10 rings (SSSR count). The quantitative estimate of drug-likeness (QED) is 0.190. The molecule has 0 radical (unpaired) electrons. The minimum atomic E-state index is 0.871. The predicted molar refractivity (Wildman–Crippen MR) is 206 cm³/mol. The number of aromatic nitrogens is 1. The molecule has 0 aliphatic rings. The van der Waals surface area contributed by atoms with Crippen molar-refractivity contribution in [3.8, 4) is 16.8 Å². The molecule has 8 aromatic carbocycles. The van der Waals surface area contributed by atoms with Crippen LogP contribution in [0.3, 0.4) is 0 Å².